The molecule has 0 unspecified atom stereocenters. The number of para-hydroxylation sites is 2. The predicted molar refractivity (Wildman–Crippen MR) is 177 cm³/mol. The smallest absolute Gasteiger partial charge is 0.374 e. The summed E-state index contributed by atoms with van der Waals surface area (Å²) in [6.45, 7) is 5.41. The third kappa shape index (κ3) is 6.64. The quantitative estimate of drug-likeness (QED) is 0.170. The van der Waals surface area contributed by atoms with E-state index in [1.807, 2.05) is 26.8 Å². The fourth-order valence-corrected chi connectivity index (χ4v) is 5.98. The summed E-state index contributed by atoms with van der Waals surface area (Å²) in [7, 11) is 2.99. The number of amides is 2. The molecule has 3 aromatic carbocycles. The SMILES string of the molecule is CCc1cccc2c(NC(=O)C[C@H]3O[C@H](c4cccc(OC)c4OC)c4cc(Cl)ccc4N(CC(C)(C)CO)C3=O)c(C(=O)O)oc12. The molecule has 2 atom stereocenters. The van der Waals surface area contributed by atoms with Gasteiger partial charge in [0.1, 0.15) is 23.5 Å². The zero-order valence-electron chi connectivity index (χ0n) is 26.8. The number of carbonyl (C=O) groups is 3. The second-order valence-corrected chi connectivity index (χ2v) is 12.5. The summed E-state index contributed by atoms with van der Waals surface area (Å²) in [6, 6.07) is 15.5. The zero-order chi connectivity index (χ0) is 34.0. The topological polar surface area (TPSA) is 148 Å². The minimum Gasteiger partial charge on any atom is -0.493 e. The van der Waals surface area contributed by atoms with Crippen LogP contribution in [0.15, 0.2) is 59.0 Å². The van der Waals surface area contributed by atoms with Crippen LogP contribution in [0.5, 0.6) is 11.5 Å². The van der Waals surface area contributed by atoms with Gasteiger partial charge in [-0.05, 0) is 42.3 Å². The van der Waals surface area contributed by atoms with Crippen molar-refractivity contribution in [2.45, 2.75) is 45.8 Å². The van der Waals surface area contributed by atoms with E-state index in [-0.39, 0.29) is 18.8 Å². The Morgan fingerprint density at radius 2 is 1.81 bits per heavy atom. The molecule has 1 aromatic heterocycles. The van der Waals surface area contributed by atoms with Crippen molar-refractivity contribution in [3.05, 3.63) is 82.1 Å². The third-order valence-corrected chi connectivity index (χ3v) is 8.38. The Hall–Kier alpha value is -4.58. The molecule has 5 rings (SSSR count). The lowest BCUT2D eigenvalue weighted by Gasteiger charge is -2.32. The molecule has 47 heavy (non-hydrogen) atoms. The lowest BCUT2D eigenvalue weighted by molar-refractivity contribution is -0.136. The number of methoxy groups -OCH3 is 2. The van der Waals surface area contributed by atoms with Crippen molar-refractivity contribution < 1.29 is 43.2 Å². The summed E-state index contributed by atoms with van der Waals surface area (Å²) >= 11 is 6.49. The second-order valence-electron chi connectivity index (χ2n) is 12.0. The van der Waals surface area contributed by atoms with Gasteiger partial charge in [-0.15, -0.1) is 0 Å². The van der Waals surface area contributed by atoms with Crippen LogP contribution in [0.2, 0.25) is 5.02 Å². The van der Waals surface area contributed by atoms with E-state index >= 15 is 0 Å². The number of ether oxygens (including phenoxy) is 3. The van der Waals surface area contributed by atoms with Gasteiger partial charge in [0.2, 0.25) is 11.7 Å². The maximum atomic E-state index is 14.4. The first-order valence-corrected chi connectivity index (χ1v) is 15.5. The van der Waals surface area contributed by atoms with Crippen molar-refractivity contribution in [2.24, 2.45) is 5.41 Å². The molecular weight excluding hydrogens is 628 g/mol. The number of aliphatic hydroxyl groups excluding tert-OH is 1. The molecule has 0 radical (unpaired) electrons. The number of nitrogens with one attached hydrogen (secondary N) is 1. The largest absolute Gasteiger partial charge is 0.493 e. The fourth-order valence-electron chi connectivity index (χ4n) is 5.79. The number of nitrogens with zero attached hydrogens (tertiary/aromatic N) is 1. The minimum absolute atomic E-state index is 0.00627. The van der Waals surface area contributed by atoms with Crippen molar-refractivity contribution in [3.63, 3.8) is 0 Å². The highest BCUT2D eigenvalue weighted by Crippen LogP contribution is 2.46. The normalized spacial score (nSPS) is 16.5. The molecule has 0 saturated carbocycles. The number of carboxylic acid groups (broad SMARTS) is 1. The molecule has 0 saturated heterocycles. The zero-order valence-corrected chi connectivity index (χ0v) is 27.5. The standard InChI is InChI=1S/C35H37ClN2O9/c1-6-19-9-7-10-21-28(32(34(42)43)47-29(19)21)37-27(40)16-26-33(41)38(17-35(2,3)18-39)24-14-13-20(36)15-23(24)30(46-26)22-11-8-12-25(44-4)31(22)45-5/h7-15,26,30,39H,6,16-18H2,1-5H3,(H,37,40)(H,42,43)/t26-,30-/m1/s1. The number of aliphatic hydroxyl groups is 1. The number of fused-ring (bicyclic) bond motifs is 2. The summed E-state index contributed by atoms with van der Waals surface area (Å²) in [4.78, 5) is 41.8. The van der Waals surface area contributed by atoms with Crippen molar-refractivity contribution in [3.8, 4) is 11.5 Å². The van der Waals surface area contributed by atoms with E-state index < -0.39 is 47.6 Å². The van der Waals surface area contributed by atoms with Crippen molar-refractivity contribution >= 4 is 51.7 Å². The van der Waals surface area contributed by atoms with Gasteiger partial charge in [-0.3, -0.25) is 9.59 Å². The Kier molecular flexibility index (Phi) is 9.81. The van der Waals surface area contributed by atoms with Gasteiger partial charge in [-0.1, -0.05) is 56.6 Å². The summed E-state index contributed by atoms with van der Waals surface area (Å²) in [5, 5.41) is 23.5. The number of rotatable bonds is 11. The lowest BCUT2D eigenvalue weighted by Crippen LogP contribution is -2.46. The van der Waals surface area contributed by atoms with Gasteiger partial charge in [0.25, 0.3) is 5.91 Å². The van der Waals surface area contributed by atoms with E-state index in [1.54, 1.807) is 48.5 Å². The van der Waals surface area contributed by atoms with Gasteiger partial charge in [-0.25, -0.2) is 4.79 Å². The van der Waals surface area contributed by atoms with Crippen LogP contribution in [0, 0.1) is 5.41 Å². The molecule has 248 valence electrons. The van der Waals surface area contributed by atoms with E-state index in [1.165, 1.54) is 19.1 Å². The maximum absolute atomic E-state index is 14.4. The van der Waals surface area contributed by atoms with Gasteiger partial charge in [0.15, 0.2) is 11.5 Å². The van der Waals surface area contributed by atoms with E-state index in [2.05, 4.69) is 5.32 Å². The van der Waals surface area contributed by atoms with Gasteiger partial charge < -0.3 is 39.1 Å². The minimum atomic E-state index is -1.35. The molecule has 1 aliphatic rings. The van der Waals surface area contributed by atoms with Crippen molar-refractivity contribution in [1.82, 2.24) is 0 Å². The van der Waals surface area contributed by atoms with Gasteiger partial charge >= 0.3 is 5.97 Å². The average Bonchev–Trinajstić information content (AvgIpc) is 3.39. The van der Waals surface area contributed by atoms with Gasteiger partial charge in [-0.2, -0.15) is 0 Å². The molecule has 0 fully saturated rings. The van der Waals surface area contributed by atoms with E-state index in [9.17, 15) is 24.6 Å². The molecule has 0 spiro atoms. The van der Waals surface area contributed by atoms with Crippen LogP contribution in [0.4, 0.5) is 11.4 Å². The number of aryl methyl sites for hydroxylation is 1. The number of aromatic carboxylic acids is 1. The summed E-state index contributed by atoms with van der Waals surface area (Å²) < 4.78 is 23.5. The molecule has 0 aliphatic carbocycles. The van der Waals surface area contributed by atoms with E-state index in [4.69, 9.17) is 30.2 Å². The molecular formula is C35H37ClN2O9. The summed E-state index contributed by atoms with van der Waals surface area (Å²) in [5.74, 6) is -2.17. The summed E-state index contributed by atoms with van der Waals surface area (Å²) in [6.07, 6.45) is -2.19. The highest BCUT2D eigenvalue weighted by atomic mass is 35.5. The third-order valence-electron chi connectivity index (χ3n) is 8.14. The maximum Gasteiger partial charge on any atom is 0.374 e. The van der Waals surface area contributed by atoms with Crippen LogP contribution in [0.25, 0.3) is 11.0 Å². The molecule has 4 aromatic rings. The number of carboxylic acids is 1. The Morgan fingerprint density at radius 3 is 2.47 bits per heavy atom. The van der Waals surface area contributed by atoms with Crippen LogP contribution in [-0.2, 0) is 20.7 Å². The predicted octanol–water partition coefficient (Wildman–Crippen LogP) is 6.23. The van der Waals surface area contributed by atoms with Crippen LogP contribution >= 0.6 is 11.6 Å². The fraction of sp³-hybridized carbons (Fsp3) is 0.343. The van der Waals surface area contributed by atoms with Crippen LogP contribution in [-0.4, -0.2) is 61.5 Å². The van der Waals surface area contributed by atoms with Gasteiger partial charge in [0, 0.05) is 45.8 Å². The summed E-state index contributed by atoms with van der Waals surface area (Å²) in [5.41, 5.74) is 1.96. The molecule has 12 heteroatoms. The number of anilines is 2. The number of hydrogen-bond acceptors (Lipinski definition) is 8. The second kappa shape index (κ2) is 13.6. The highest BCUT2D eigenvalue weighted by Gasteiger charge is 2.41. The van der Waals surface area contributed by atoms with Crippen LogP contribution < -0.4 is 19.7 Å². The van der Waals surface area contributed by atoms with E-state index in [0.29, 0.717) is 50.7 Å². The first-order chi connectivity index (χ1) is 22.4. The number of hydrogen-bond donors (Lipinski definition) is 3. The Bertz CT molecular complexity index is 1830. The van der Waals surface area contributed by atoms with Gasteiger partial charge in [0.05, 0.1) is 20.6 Å². The number of benzene rings is 3. The van der Waals surface area contributed by atoms with Crippen molar-refractivity contribution in [2.75, 3.05) is 37.6 Å². The van der Waals surface area contributed by atoms with Crippen LogP contribution in [0.3, 0.4) is 0 Å². The molecule has 2 amide bonds. The lowest BCUT2D eigenvalue weighted by atomic mass is 9.92. The average molecular weight is 665 g/mol. The Labute approximate surface area is 277 Å². The molecule has 11 nitrogen and oxygen atoms in total. The Balaban J connectivity index is 1.61. The molecule has 1 aliphatic heterocycles. The Morgan fingerprint density at radius 1 is 1.06 bits per heavy atom. The molecule has 3 N–H and O–H groups in total. The molecule has 0 bridgehead atoms. The number of carbonyl (C=O) groups excluding carboxylic acids is 2. The monoisotopic (exact) mass is 664 g/mol. The highest BCUT2D eigenvalue weighted by molar-refractivity contribution is 6.30. The number of halogens is 1. The van der Waals surface area contributed by atoms with Crippen molar-refractivity contribution in [1.29, 1.82) is 0 Å². The van der Waals surface area contributed by atoms with Crippen LogP contribution in [0.1, 0.15) is 60.5 Å². The first kappa shape index (κ1) is 33.8. The number of furan rings is 1. The molecule has 2 heterocycles. The first-order valence-electron chi connectivity index (χ1n) is 15.1. The van der Waals surface area contributed by atoms with E-state index in [0.717, 1.165) is 5.56 Å².